The van der Waals surface area contributed by atoms with Gasteiger partial charge in [0, 0.05) is 50.9 Å². The maximum absolute atomic E-state index is 12.9. The van der Waals surface area contributed by atoms with Gasteiger partial charge in [0.1, 0.15) is 5.69 Å². The van der Waals surface area contributed by atoms with Crippen molar-refractivity contribution in [2.45, 2.75) is 64.0 Å². The number of carbonyl (C=O) groups excluding carboxylic acids is 2. The summed E-state index contributed by atoms with van der Waals surface area (Å²) in [5.41, 5.74) is 0.498. The average molecular weight is 388 g/mol. The van der Waals surface area contributed by atoms with Crippen LogP contribution in [0.2, 0.25) is 0 Å². The summed E-state index contributed by atoms with van der Waals surface area (Å²) < 4.78 is 0. The quantitative estimate of drug-likeness (QED) is 0.750. The minimum atomic E-state index is -0.106. The molecule has 2 atom stereocenters. The first kappa shape index (κ1) is 19.4. The highest BCUT2D eigenvalue weighted by molar-refractivity contribution is 5.92. The molecule has 3 heterocycles. The molecular weight excluding hydrogens is 354 g/mol. The van der Waals surface area contributed by atoms with E-state index in [9.17, 15) is 9.59 Å². The SMILES string of the molecule is CC1CCN(C(=O)C[C@H]2CC[C@@H](CNC(=O)c3ccn[nH]3)N2CC2CC2)CC1. The molecule has 1 aromatic rings. The van der Waals surface area contributed by atoms with Gasteiger partial charge in [0.15, 0.2) is 0 Å². The van der Waals surface area contributed by atoms with Crippen molar-refractivity contribution in [3.8, 4) is 0 Å². The van der Waals surface area contributed by atoms with Crippen LogP contribution in [0.25, 0.3) is 0 Å². The number of aromatic amines is 1. The fourth-order valence-electron chi connectivity index (χ4n) is 4.63. The van der Waals surface area contributed by atoms with Crippen LogP contribution in [-0.2, 0) is 4.79 Å². The fourth-order valence-corrected chi connectivity index (χ4v) is 4.63. The zero-order chi connectivity index (χ0) is 19.5. The van der Waals surface area contributed by atoms with Gasteiger partial charge in [-0.05, 0) is 56.4 Å². The van der Waals surface area contributed by atoms with Gasteiger partial charge < -0.3 is 10.2 Å². The molecule has 7 heteroatoms. The summed E-state index contributed by atoms with van der Waals surface area (Å²) in [5.74, 6) is 1.73. The zero-order valence-electron chi connectivity index (χ0n) is 16.9. The fraction of sp³-hybridized carbons (Fsp3) is 0.762. The minimum absolute atomic E-state index is 0.106. The van der Waals surface area contributed by atoms with Gasteiger partial charge in [0.25, 0.3) is 5.91 Å². The van der Waals surface area contributed by atoms with Gasteiger partial charge in [-0.3, -0.25) is 19.6 Å². The number of nitrogens with one attached hydrogen (secondary N) is 2. The van der Waals surface area contributed by atoms with Crippen molar-refractivity contribution in [2.24, 2.45) is 11.8 Å². The summed E-state index contributed by atoms with van der Waals surface area (Å²) in [6, 6.07) is 2.33. The van der Waals surface area contributed by atoms with E-state index in [0.717, 1.165) is 57.2 Å². The molecule has 0 spiro atoms. The number of likely N-dealkylation sites (tertiary alicyclic amines) is 2. The van der Waals surface area contributed by atoms with Crippen molar-refractivity contribution in [3.05, 3.63) is 18.0 Å². The number of piperidine rings is 1. The van der Waals surface area contributed by atoms with Crippen LogP contribution >= 0.6 is 0 Å². The van der Waals surface area contributed by atoms with Gasteiger partial charge >= 0.3 is 0 Å². The molecule has 4 rings (SSSR count). The Morgan fingerprint density at radius 1 is 1.14 bits per heavy atom. The van der Waals surface area contributed by atoms with Crippen LogP contribution in [0.3, 0.4) is 0 Å². The number of hydrogen-bond acceptors (Lipinski definition) is 4. The van der Waals surface area contributed by atoms with Crippen molar-refractivity contribution in [2.75, 3.05) is 26.2 Å². The van der Waals surface area contributed by atoms with Crippen molar-refractivity contribution in [3.63, 3.8) is 0 Å². The van der Waals surface area contributed by atoms with E-state index in [1.165, 1.54) is 12.8 Å². The first-order valence-corrected chi connectivity index (χ1v) is 10.9. The van der Waals surface area contributed by atoms with Gasteiger partial charge in [0.05, 0.1) is 0 Å². The molecule has 2 aliphatic heterocycles. The summed E-state index contributed by atoms with van der Waals surface area (Å²) in [6.45, 7) is 5.81. The normalized spacial score (nSPS) is 26.5. The third-order valence-corrected chi connectivity index (χ3v) is 6.73. The van der Waals surface area contributed by atoms with Crippen molar-refractivity contribution in [1.29, 1.82) is 0 Å². The van der Waals surface area contributed by atoms with Gasteiger partial charge in [-0.15, -0.1) is 0 Å². The topological polar surface area (TPSA) is 81.3 Å². The van der Waals surface area contributed by atoms with E-state index in [0.29, 0.717) is 36.7 Å². The molecule has 1 saturated carbocycles. The average Bonchev–Trinajstić information content (AvgIpc) is 3.19. The maximum Gasteiger partial charge on any atom is 0.269 e. The molecule has 2 saturated heterocycles. The third kappa shape index (κ3) is 4.74. The second-order valence-corrected chi connectivity index (χ2v) is 8.97. The van der Waals surface area contributed by atoms with Crippen molar-refractivity contribution < 1.29 is 9.59 Å². The number of carbonyl (C=O) groups is 2. The van der Waals surface area contributed by atoms with Crippen molar-refractivity contribution in [1.82, 2.24) is 25.3 Å². The number of rotatable bonds is 7. The summed E-state index contributed by atoms with van der Waals surface area (Å²) >= 11 is 0. The van der Waals surface area contributed by atoms with E-state index < -0.39 is 0 Å². The number of amides is 2. The molecule has 1 aromatic heterocycles. The van der Waals surface area contributed by atoms with E-state index >= 15 is 0 Å². The van der Waals surface area contributed by atoms with Crippen LogP contribution in [0, 0.1) is 11.8 Å². The number of hydrogen-bond donors (Lipinski definition) is 2. The Bertz CT molecular complexity index is 664. The predicted molar refractivity (Wildman–Crippen MR) is 107 cm³/mol. The van der Waals surface area contributed by atoms with Crippen LogP contribution in [-0.4, -0.2) is 70.1 Å². The molecule has 2 N–H and O–H groups in total. The molecule has 0 bridgehead atoms. The van der Waals surface area contributed by atoms with Crippen LogP contribution < -0.4 is 5.32 Å². The molecule has 3 fully saturated rings. The van der Waals surface area contributed by atoms with E-state index in [1.54, 1.807) is 12.3 Å². The zero-order valence-corrected chi connectivity index (χ0v) is 16.9. The molecule has 0 unspecified atom stereocenters. The Balaban J connectivity index is 1.32. The molecule has 28 heavy (non-hydrogen) atoms. The van der Waals surface area contributed by atoms with Crippen LogP contribution in [0.4, 0.5) is 0 Å². The Hall–Kier alpha value is -1.89. The Morgan fingerprint density at radius 3 is 2.57 bits per heavy atom. The third-order valence-electron chi connectivity index (χ3n) is 6.73. The molecule has 1 aliphatic carbocycles. The molecule has 0 radical (unpaired) electrons. The second-order valence-electron chi connectivity index (χ2n) is 8.97. The first-order valence-electron chi connectivity index (χ1n) is 10.9. The van der Waals surface area contributed by atoms with E-state index in [-0.39, 0.29) is 5.91 Å². The largest absolute Gasteiger partial charge is 0.349 e. The standard InChI is InChI=1S/C21H33N5O2/c1-15-7-10-25(11-8-15)20(27)12-17-4-5-18(26(17)14-16-2-3-16)13-22-21(28)19-6-9-23-24-19/h6,9,15-18H,2-5,7-8,10-14H2,1H3,(H,22,28)(H,23,24)/t17-,18+/m1/s1. The smallest absolute Gasteiger partial charge is 0.269 e. The number of aromatic nitrogens is 2. The minimum Gasteiger partial charge on any atom is -0.349 e. The Labute approximate surface area is 167 Å². The van der Waals surface area contributed by atoms with Gasteiger partial charge in [0.2, 0.25) is 5.91 Å². The second kappa shape index (κ2) is 8.64. The summed E-state index contributed by atoms with van der Waals surface area (Å²) in [4.78, 5) is 29.7. The Morgan fingerprint density at radius 2 is 1.89 bits per heavy atom. The highest BCUT2D eigenvalue weighted by Crippen LogP contribution is 2.35. The Kier molecular flexibility index (Phi) is 5.99. The lowest BCUT2D eigenvalue weighted by atomic mass is 9.98. The number of H-pyrrole nitrogens is 1. The summed E-state index contributed by atoms with van der Waals surface area (Å²) in [7, 11) is 0. The van der Waals surface area contributed by atoms with Crippen LogP contribution in [0.1, 0.15) is 62.4 Å². The van der Waals surface area contributed by atoms with E-state index in [1.807, 2.05) is 0 Å². The molecule has 154 valence electrons. The first-order chi connectivity index (χ1) is 13.6. The highest BCUT2D eigenvalue weighted by Gasteiger charge is 2.38. The van der Waals surface area contributed by atoms with Crippen LogP contribution in [0.15, 0.2) is 12.3 Å². The lowest BCUT2D eigenvalue weighted by Crippen LogP contribution is -2.46. The molecule has 3 aliphatic rings. The van der Waals surface area contributed by atoms with Crippen LogP contribution in [0.5, 0.6) is 0 Å². The predicted octanol–water partition coefficient (Wildman–Crippen LogP) is 2.03. The maximum atomic E-state index is 12.9. The van der Waals surface area contributed by atoms with Gasteiger partial charge in [-0.2, -0.15) is 5.10 Å². The number of nitrogens with zero attached hydrogens (tertiary/aromatic N) is 3. The monoisotopic (exact) mass is 387 g/mol. The molecular formula is C21H33N5O2. The highest BCUT2D eigenvalue weighted by atomic mass is 16.2. The van der Waals surface area contributed by atoms with Gasteiger partial charge in [-0.1, -0.05) is 6.92 Å². The van der Waals surface area contributed by atoms with E-state index in [4.69, 9.17) is 0 Å². The van der Waals surface area contributed by atoms with E-state index in [2.05, 4.69) is 32.2 Å². The molecule has 0 aromatic carbocycles. The summed E-state index contributed by atoms with van der Waals surface area (Å²) in [6.07, 6.45) is 9.18. The van der Waals surface area contributed by atoms with Gasteiger partial charge in [-0.25, -0.2) is 0 Å². The lowest BCUT2D eigenvalue weighted by molar-refractivity contribution is -0.133. The summed E-state index contributed by atoms with van der Waals surface area (Å²) in [5, 5.41) is 9.60. The van der Waals surface area contributed by atoms with Crippen molar-refractivity contribution >= 4 is 11.8 Å². The lowest BCUT2D eigenvalue weighted by Gasteiger charge is -2.34. The molecule has 2 amide bonds. The molecule has 7 nitrogen and oxygen atoms in total.